The standard InChI is InChI=1S/C15H24N2O3S/c1-3-4-5-6-7-8-9-12-11(2)16-15(17-14(12)20)21-10-13(18)19/h3-10H2,1-2H3,(H,18,19)(H,16,17,20). The topological polar surface area (TPSA) is 83.0 Å². The Hall–Kier alpha value is -1.30. The van der Waals surface area contributed by atoms with Crippen LogP contribution in [0.5, 0.6) is 0 Å². The lowest BCUT2D eigenvalue weighted by Crippen LogP contribution is -2.17. The molecule has 0 amide bonds. The average molecular weight is 312 g/mol. The van der Waals surface area contributed by atoms with E-state index >= 15 is 0 Å². The van der Waals surface area contributed by atoms with Crippen LogP contribution in [0.25, 0.3) is 0 Å². The molecule has 21 heavy (non-hydrogen) atoms. The number of aromatic amines is 1. The van der Waals surface area contributed by atoms with Gasteiger partial charge in [0.1, 0.15) is 0 Å². The first kappa shape index (κ1) is 17.8. The summed E-state index contributed by atoms with van der Waals surface area (Å²) in [5.41, 5.74) is 1.30. The molecule has 0 aliphatic carbocycles. The second kappa shape index (κ2) is 9.60. The van der Waals surface area contributed by atoms with E-state index in [2.05, 4.69) is 16.9 Å². The zero-order chi connectivity index (χ0) is 15.7. The molecule has 0 fully saturated rings. The number of aromatic nitrogens is 2. The Morgan fingerprint density at radius 3 is 2.52 bits per heavy atom. The number of thioether (sulfide) groups is 1. The van der Waals surface area contributed by atoms with Gasteiger partial charge in [-0.1, -0.05) is 50.8 Å². The maximum Gasteiger partial charge on any atom is 0.313 e. The molecule has 0 saturated carbocycles. The van der Waals surface area contributed by atoms with Gasteiger partial charge in [-0.15, -0.1) is 0 Å². The van der Waals surface area contributed by atoms with E-state index < -0.39 is 5.97 Å². The van der Waals surface area contributed by atoms with Crippen LogP contribution in [0.15, 0.2) is 9.95 Å². The van der Waals surface area contributed by atoms with E-state index in [1.807, 2.05) is 6.92 Å². The molecule has 0 bridgehead atoms. The second-order valence-corrected chi connectivity index (χ2v) is 6.10. The van der Waals surface area contributed by atoms with Crippen LogP contribution in [0.4, 0.5) is 0 Å². The summed E-state index contributed by atoms with van der Waals surface area (Å²) in [6.45, 7) is 4.00. The third kappa shape index (κ3) is 6.80. The number of carbonyl (C=O) groups is 1. The van der Waals surface area contributed by atoms with Gasteiger partial charge < -0.3 is 10.1 Å². The highest BCUT2D eigenvalue weighted by Gasteiger charge is 2.09. The minimum Gasteiger partial charge on any atom is -0.481 e. The van der Waals surface area contributed by atoms with E-state index in [1.165, 1.54) is 25.7 Å². The maximum absolute atomic E-state index is 12.0. The second-order valence-electron chi connectivity index (χ2n) is 5.14. The van der Waals surface area contributed by atoms with Crippen molar-refractivity contribution in [2.24, 2.45) is 0 Å². The first-order valence-electron chi connectivity index (χ1n) is 7.49. The lowest BCUT2D eigenvalue weighted by Gasteiger charge is -2.06. The van der Waals surface area contributed by atoms with Gasteiger partial charge in [0, 0.05) is 11.3 Å². The van der Waals surface area contributed by atoms with Crippen molar-refractivity contribution >= 4 is 17.7 Å². The molecule has 6 heteroatoms. The molecule has 1 aromatic heterocycles. The van der Waals surface area contributed by atoms with Gasteiger partial charge in [-0.05, 0) is 19.8 Å². The van der Waals surface area contributed by atoms with Gasteiger partial charge in [0.25, 0.3) is 5.56 Å². The van der Waals surface area contributed by atoms with Crippen LogP contribution in [-0.2, 0) is 11.2 Å². The molecule has 0 saturated heterocycles. The Labute approximate surface area is 129 Å². The van der Waals surface area contributed by atoms with Crippen LogP contribution in [0.3, 0.4) is 0 Å². The van der Waals surface area contributed by atoms with Crippen LogP contribution in [0, 0.1) is 6.92 Å². The summed E-state index contributed by atoms with van der Waals surface area (Å²) in [6, 6.07) is 0. The summed E-state index contributed by atoms with van der Waals surface area (Å²) >= 11 is 1.04. The molecule has 1 aromatic rings. The van der Waals surface area contributed by atoms with Crippen LogP contribution in [0.2, 0.25) is 0 Å². The zero-order valence-electron chi connectivity index (χ0n) is 12.8. The molecular formula is C15H24N2O3S. The number of aliphatic carboxylic acids is 1. The first-order chi connectivity index (χ1) is 10.0. The Balaban J connectivity index is 2.51. The van der Waals surface area contributed by atoms with Crippen LogP contribution >= 0.6 is 11.8 Å². The largest absolute Gasteiger partial charge is 0.481 e. The maximum atomic E-state index is 12.0. The first-order valence-corrected chi connectivity index (χ1v) is 8.47. The number of hydrogen-bond donors (Lipinski definition) is 2. The molecule has 0 radical (unpaired) electrons. The van der Waals surface area contributed by atoms with Crippen molar-refractivity contribution in [2.75, 3.05) is 5.75 Å². The fraction of sp³-hybridized carbons (Fsp3) is 0.667. The van der Waals surface area contributed by atoms with Crippen molar-refractivity contribution < 1.29 is 9.90 Å². The van der Waals surface area contributed by atoms with Crippen LogP contribution in [-0.4, -0.2) is 26.8 Å². The highest BCUT2D eigenvalue weighted by atomic mass is 32.2. The van der Waals surface area contributed by atoms with E-state index in [0.29, 0.717) is 10.9 Å². The Bertz CT molecular complexity index is 514. The smallest absolute Gasteiger partial charge is 0.313 e. The van der Waals surface area contributed by atoms with Gasteiger partial charge in [0.15, 0.2) is 5.16 Å². The van der Waals surface area contributed by atoms with Gasteiger partial charge in [-0.25, -0.2) is 4.98 Å². The predicted molar refractivity (Wildman–Crippen MR) is 85.0 cm³/mol. The van der Waals surface area contributed by atoms with E-state index in [9.17, 15) is 9.59 Å². The number of nitrogens with one attached hydrogen (secondary N) is 1. The Kier molecular flexibility index (Phi) is 8.12. The number of H-pyrrole nitrogens is 1. The molecule has 0 aromatic carbocycles. The van der Waals surface area contributed by atoms with Gasteiger partial charge in [0.2, 0.25) is 0 Å². The molecule has 2 N–H and O–H groups in total. The zero-order valence-corrected chi connectivity index (χ0v) is 13.6. The van der Waals surface area contributed by atoms with Crippen molar-refractivity contribution in [1.29, 1.82) is 0 Å². The number of unbranched alkanes of at least 4 members (excludes halogenated alkanes) is 5. The van der Waals surface area contributed by atoms with Gasteiger partial charge in [-0.3, -0.25) is 9.59 Å². The van der Waals surface area contributed by atoms with E-state index in [0.717, 1.165) is 36.6 Å². The van der Waals surface area contributed by atoms with Crippen molar-refractivity contribution in [3.8, 4) is 0 Å². The quantitative estimate of drug-likeness (QED) is 0.394. The molecule has 1 rings (SSSR count). The fourth-order valence-corrected chi connectivity index (χ4v) is 2.79. The summed E-state index contributed by atoms with van der Waals surface area (Å²) in [4.78, 5) is 29.5. The lowest BCUT2D eigenvalue weighted by molar-refractivity contribution is -0.133. The van der Waals surface area contributed by atoms with E-state index in [-0.39, 0.29) is 11.3 Å². The highest BCUT2D eigenvalue weighted by Crippen LogP contribution is 2.14. The number of rotatable bonds is 10. The molecule has 118 valence electrons. The fourth-order valence-electron chi connectivity index (χ4n) is 2.16. The van der Waals surface area contributed by atoms with Crippen molar-refractivity contribution in [2.45, 2.75) is 63.9 Å². The summed E-state index contributed by atoms with van der Waals surface area (Å²) in [5.74, 6) is -1.02. The molecule has 5 nitrogen and oxygen atoms in total. The third-order valence-electron chi connectivity index (χ3n) is 3.31. The molecule has 0 aliphatic heterocycles. The third-order valence-corrected chi connectivity index (χ3v) is 4.17. The monoisotopic (exact) mass is 312 g/mol. The molecule has 0 spiro atoms. The highest BCUT2D eigenvalue weighted by molar-refractivity contribution is 7.99. The summed E-state index contributed by atoms with van der Waals surface area (Å²) in [5, 5.41) is 9.01. The number of carboxylic acid groups (broad SMARTS) is 1. The molecular weight excluding hydrogens is 288 g/mol. The van der Waals surface area contributed by atoms with Gasteiger partial charge in [-0.2, -0.15) is 0 Å². The molecule has 0 aliphatic rings. The van der Waals surface area contributed by atoms with Crippen molar-refractivity contribution in [3.05, 3.63) is 21.6 Å². The molecule has 0 atom stereocenters. The van der Waals surface area contributed by atoms with Crippen molar-refractivity contribution in [1.82, 2.24) is 9.97 Å². The van der Waals surface area contributed by atoms with Gasteiger partial charge >= 0.3 is 5.97 Å². The summed E-state index contributed by atoms with van der Waals surface area (Å²) in [7, 11) is 0. The molecule has 1 heterocycles. The predicted octanol–water partition coefficient (Wildman–Crippen LogP) is 3.16. The number of nitrogens with zero attached hydrogens (tertiary/aromatic N) is 1. The summed E-state index contributed by atoms with van der Waals surface area (Å²) < 4.78 is 0. The number of aryl methyl sites for hydroxylation is 1. The number of carboxylic acids is 1. The minimum atomic E-state index is -0.920. The van der Waals surface area contributed by atoms with Crippen LogP contribution in [0.1, 0.15) is 56.7 Å². The van der Waals surface area contributed by atoms with E-state index in [1.54, 1.807) is 0 Å². The Morgan fingerprint density at radius 1 is 1.24 bits per heavy atom. The number of hydrogen-bond acceptors (Lipinski definition) is 4. The Morgan fingerprint density at radius 2 is 1.90 bits per heavy atom. The molecule has 0 unspecified atom stereocenters. The average Bonchev–Trinajstić information content (AvgIpc) is 2.42. The minimum absolute atomic E-state index is 0.0981. The van der Waals surface area contributed by atoms with E-state index in [4.69, 9.17) is 5.11 Å². The lowest BCUT2D eigenvalue weighted by atomic mass is 10.1. The van der Waals surface area contributed by atoms with Gasteiger partial charge in [0.05, 0.1) is 5.75 Å². The SMILES string of the molecule is CCCCCCCCc1c(C)nc(SCC(=O)O)[nH]c1=O. The summed E-state index contributed by atoms with van der Waals surface area (Å²) in [6.07, 6.45) is 7.85. The normalized spacial score (nSPS) is 10.8. The van der Waals surface area contributed by atoms with Crippen LogP contribution < -0.4 is 5.56 Å². The van der Waals surface area contributed by atoms with Crippen molar-refractivity contribution in [3.63, 3.8) is 0 Å².